The molecule has 0 aliphatic carbocycles. The lowest BCUT2D eigenvalue weighted by Gasteiger charge is -2.44. The molecule has 0 unspecified atom stereocenters. The third kappa shape index (κ3) is 3.21. The van der Waals surface area contributed by atoms with Gasteiger partial charge in [0.25, 0.3) is 0 Å². The molecular formula is C17H18NO5-. The standard InChI is InChI=1S/C17H19NO5/c19-13-11-17(23-14-4-2-1-3-12(13)14)7-9-18(10-8-17)15(20)5-6-16(21)22/h1-4H,5-11H2,(H,21,22)/p-1. The van der Waals surface area contributed by atoms with E-state index in [-0.39, 0.29) is 24.5 Å². The van der Waals surface area contributed by atoms with Crippen LogP contribution >= 0.6 is 0 Å². The van der Waals surface area contributed by atoms with Crippen LogP contribution in [0.25, 0.3) is 0 Å². The number of hydrogen-bond donors (Lipinski definition) is 0. The summed E-state index contributed by atoms with van der Waals surface area (Å²) in [6.45, 7) is 0.947. The summed E-state index contributed by atoms with van der Waals surface area (Å²) in [4.78, 5) is 36.4. The number of benzene rings is 1. The van der Waals surface area contributed by atoms with Crippen LogP contribution in [0, 0.1) is 0 Å². The first-order chi connectivity index (χ1) is 11.0. The Bertz CT molecular complexity index is 646. The number of nitrogens with zero attached hydrogens (tertiary/aromatic N) is 1. The number of carboxylic acid groups (broad SMARTS) is 1. The van der Waals surface area contributed by atoms with Gasteiger partial charge in [0.05, 0.1) is 12.0 Å². The van der Waals surface area contributed by atoms with Crippen molar-refractivity contribution in [3.8, 4) is 5.75 Å². The van der Waals surface area contributed by atoms with Crippen molar-refractivity contribution in [3.63, 3.8) is 0 Å². The largest absolute Gasteiger partial charge is 0.550 e. The molecule has 1 spiro atoms. The van der Waals surface area contributed by atoms with Crippen LogP contribution in [0.4, 0.5) is 0 Å². The molecule has 1 amide bonds. The van der Waals surface area contributed by atoms with Crippen LogP contribution < -0.4 is 9.84 Å². The molecule has 0 radical (unpaired) electrons. The number of piperidine rings is 1. The number of ether oxygens (including phenoxy) is 1. The van der Waals surface area contributed by atoms with Crippen molar-refractivity contribution < 1.29 is 24.2 Å². The highest BCUT2D eigenvalue weighted by molar-refractivity contribution is 6.00. The molecule has 0 N–H and O–H groups in total. The summed E-state index contributed by atoms with van der Waals surface area (Å²) in [6.07, 6.45) is 1.17. The average molecular weight is 316 g/mol. The third-order valence-corrected chi connectivity index (χ3v) is 4.57. The molecule has 6 nitrogen and oxygen atoms in total. The molecule has 2 heterocycles. The number of likely N-dealkylation sites (tertiary alicyclic amines) is 1. The lowest BCUT2D eigenvalue weighted by Crippen LogP contribution is -2.52. The van der Waals surface area contributed by atoms with Crippen molar-refractivity contribution in [2.24, 2.45) is 0 Å². The minimum atomic E-state index is -1.22. The SMILES string of the molecule is O=C([O-])CCC(=O)N1CCC2(CC1)CC(=O)c1ccccc1O2. The summed E-state index contributed by atoms with van der Waals surface area (Å²) in [7, 11) is 0. The van der Waals surface area contributed by atoms with Gasteiger partial charge in [0.2, 0.25) is 5.91 Å². The molecule has 0 saturated carbocycles. The van der Waals surface area contributed by atoms with E-state index in [0.717, 1.165) is 0 Å². The van der Waals surface area contributed by atoms with Crippen LogP contribution in [0.3, 0.4) is 0 Å². The van der Waals surface area contributed by atoms with Crippen LogP contribution in [0.1, 0.15) is 42.5 Å². The van der Waals surface area contributed by atoms with Crippen molar-refractivity contribution in [1.29, 1.82) is 0 Å². The van der Waals surface area contributed by atoms with E-state index in [9.17, 15) is 19.5 Å². The van der Waals surface area contributed by atoms with Crippen molar-refractivity contribution in [2.45, 2.75) is 37.7 Å². The van der Waals surface area contributed by atoms with Gasteiger partial charge in [0.15, 0.2) is 5.78 Å². The Balaban J connectivity index is 1.64. The van der Waals surface area contributed by atoms with Crippen LogP contribution in [0.2, 0.25) is 0 Å². The predicted octanol–water partition coefficient (Wildman–Crippen LogP) is 0.543. The fourth-order valence-electron chi connectivity index (χ4n) is 3.25. The zero-order chi connectivity index (χ0) is 16.4. The third-order valence-electron chi connectivity index (χ3n) is 4.57. The van der Waals surface area contributed by atoms with Gasteiger partial charge in [0.1, 0.15) is 11.4 Å². The highest BCUT2D eigenvalue weighted by Gasteiger charge is 2.43. The number of rotatable bonds is 3. The van der Waals surface area contributed by atoms with E-state index < -0.39 is 11.6 Å². The van der Waals surface area contributed by atoms with E-state index in [4.69, 9.17) is 4.74 Å². The molecule has 1 saturated heterocycles. The number of carbonyl (C=O) groups is 3. The number of ketones is 1. The van der Waals surface area contributed by atoms with E-state index in [0.29, 0.717) is 43.7 Å². The molecular weight excluding hydrogens is 298 g/mol. The van der Waals surface area contributed by atoms with Gasteiger partial charge in [-0.05, 0) is 18.6 Å². The minimum Gasteiger partial charge on any atom is -0.550 e. The summed E-state index contributed by atoms with van der Waals surface area (Å²) in [5, 5.41) is 10.4. The number of carbonyl (C=O) groups excluding carboxylic acids is 3. The molecule has 0 aromatic heterocycles. The van der Waals surface area contributed by atoms with Gasteiger partial charge >= 0.3 is 0 Å². The highest BCUT2D eigenvalue weighted by Crippen LogP contribution is 2.39. The molecule has 23 heavy (non-hydrogen) atoms. The Morgan fingerprint density at radius 3 is 2.57 bits per heavy atom. The fraction of sp³-hybridized carbons (Fsp3) is 0.471. The van der Waals surface area contributed by atoms with E-state index in [1.165, 1.54) is 0 Å². The number of hydrogen-bond acceptors (Lipinski definition) is 5. The summed E-state index contributed by atoms with van der Waals surface area (Å²) in [5.74, 6) is -0.722. The second-order valence-electron chi connectivity index (χ2n) is 6.13. The average Bonchev–Trinajstić information content (AvgIpc) is 2.53. The van der Waals surface area contributed by atoms with E-state index in [2.05, 4.69) is 0 Å². The quantitative estimate of drug-likeness (QED) is 0.812. The number of para-hydroxylation sites is 1. The molecule has 2 aliphatic heterocycles. The summed E-state index contributed by atoms with van der Waals surface area (Å²) >= 11 is 0. The molecule has 122 valence electrons. The number of carboxylic acids is 1. The van der Waals surface area contributed by atoms with Crippen LogP contribution in [-0.2, 0) is 9.59 Å². The molecule has 1 aromatic rings. The first kappa shape index (κ1) is 15.5. The summed E-state index contributed by atoms with van der Waals surface area (Å²) < 4.78 is 6.09. The van der Waals surface area contributed by atoms with Crippen molar-refractivity contribution in [2.75, 3.05) is 13.1 Å². The summed E-state index contributed by atoms with van der Waals surface area (Å²) in [5.41, 5.74) is 0.0712. The molecule has 0 bridgehead atoms. The maximum absolute atomic E-state index is 12.3. The fourth-order valence-corrected chi connectivity index (χ4v) is 3.25. The van der Waals surface area contributed by atoms with Crippen molar-refractivity contribution in [3.05, 3.63) is 29.8 Å². The normalized spacial score (nSPS) is 19.1. The van der Waals surface area contributed by atoms with Gasteiger partial charge in [-0.1, -0.05) is 12.1 Å². The lowest BCUT2D eigenvalue weighted by atomic mass is 9.82. The molecule has 2 aliphatic rings. The predicted molar refractivity (Wildman–Crippen MR) is 78.8 cm³/mol. The van der Waals surface area contributed by atoms with Gasteiger partial charge in [0, 0.05) is 38.3 Å². The van der Waals surface area contributed by atoms with Crippen LogP contribution in [0.15, 0.2) is 24.3 Å². The molecule has 1 aromatic carbocycles. The van der Waals surface area contributed by atoms with Gasteiger partial charge in [-0.25, -0.2) is 0 Å². The Morgan fingerprint density at radius 1 is 1.17 bits per heavy atom. The van der Waals surface area contributed by atoms with Crippen LogP contribution in [0.5, 0.6) is 5.75 Å². The number of fused-ring (bicyclic) bond motifs is 1. The second-order valence-corrected chi connectivity index (χ2v) is 6.13. The smallest absolute Gasteiger partial charge is 0.222 e. The van der Waals surface area contributed by atoms with Gasteiger partial charge < -0.3 is 19.5 Å². The zero-order valence-corrected chi connectivity index (χ0v) is 12.7. The number of amides is 1. The molecule has 0 atom stereocenters. The molecule has 3 rings (SSSR count). The van der Waals surface area contributed by atoms with Crippen molar-refractivity contribution >= 4 is 17.7 Å². The maximum Gasteiger partial charge on any atom is 0.222 e. The minimum absolute atomic E-state index is 0.0437. The Labute approximate surface area is 134 Å². The molecule has 6 heteroatoms. The Kier molecular flexibility index (Phi) is 4.07. The van der Waals surface area contributed by atoms with E-state index in [1.807, 2.05) is 12.1 Å². The van der Waals surface area contributed by atoms with E-state index >= 15 is 0 Å². The zero-order valence-electron chi connectivity index (χ0n) is 12.7. The lowest BCUT2D eigenvalue weighted by molar-refractivity contribution is -0.305. The second kappa shape index (κ2) is 6.02. The Morgan fingerprint density at radius 2 is 1.87 bits per heavy atom. The Hall–Kier alpha value is -2.37. The first-order valence-electron chi connectivity index (χ1n) is 7.78. The number of Topliss-reactive ketones (excluding diaryl/α,β-unsaturated/α-hetero) is 1. The van der Waals surface area contributed by atoms with E-state index in [1.54, 1.807) is 17.0 Å². The monoisotopic (exact) mass is 316 g/mol. The highest BCUT2D eigenvalue weighted by atomic mass is 16.5. The molecule has 1 fully saturated rings. The maximum atomic E-state index is 12.3. The van der Waals surface area contributed by atoms with Gasteiger partial charge in [-0.2, -0.15) is 0 Å². The van der Waals surface area contributed by atoms with Crippen LogP contribution in [-0.4, -0.2) is 41.3 Å². The number of aliphatic carboxylic acids is 1. The van der Waals surface area contributed by atoms with Gasteiger partial charge in [-0.3, -0.25) is 9.59 Å². The topological polar surface area (TPSA) is 86.7 Å². The summed E-state index contributed by atoms with van der Waals surface area (Å²) in [6, 6.07) is 7.22. The van der Waals surface area contributed by atoms with Crippen molar-refractivity contribution in [1.82, 2.24) is 4.90 Å². The first-order valence-corrected chi connectivity index (χ1v) is 7.78. The van der Waals surface area contributed by atoms with Gasteiger partial charge in [-0.15, -0.1) is 0 Å².